The lowest BCUT2D eigenvalue weighted by Gasteiger charge is -2.12. The summed E-state index contributed by atoms with van der Waals surface area (Å²) in [4.78, 5) is 10.4. The Labute approximate surface area is 218 Å². The Morgan fingerprint density at radius 3 is 2.27 bits per heavy atom. The monoisotopic (exact) mass is 658 g/mol. The highest BCUT2D eigenvalue weighted by Crippen LogP contribution is 2.31. The van der Waals surface area contributed by atoms with Crippen LogP contribution in [0.1, 0.15) is 16.7 Å². The van der Waals surface area contributed by atoms with Crippen LogP contribution < -0.4 is 4.74 Å². The minimum atomic E-state index is -0.457. The van der Waals surface area contributed by atoms with E-state index in [0.29, 0.717) is 17.7 Å². The first-order valence-electron chi connectivity index (χ1n) is 9.91. The molecule has 4 aromatic carbocycles. The highest BCUT2D eigenvalue weighted by Gasteiger charge is 2.11. The summed E-state index contributed by atoms with van der Waals surface area (Å²) in [5.74, 6) is 0.801. The van der Waals surface area contributed by atoms with Crippen molar-refractivity contribution in [3.63, 3.8) is 0 Å². The summed E-state index contributed by atoms with van der Waals surface area (Å²) < 4.78 is 8.02. The Hall–Kier alpha value is -2.97. The number of nitro benzene ring substituents is 1. The lowest BCUT2D eigenvalue weighted by atomic mass is 10.0. The maximum atomic E-state index is 10.9. The summed E-state index contributed by atoms with van der Waals surface area (Å²) >= 11 is 4.47. The highest BCUT2D eigenvalue weighted by atomic mass is 127. The Kier molecular flexibility index (Phi) is 7.25. The minimum Gasteiger partial charge on any atom is -0.487 e. The number of non-ortho nitro benzene ring substituents is 1. The van der Waals surface area contributed by atoms with Crippen molar-refractivity contribution in [3.8, 4) is 11.8 Å². The van der Waals surface area contributed by atoms with E-state index in [-0.39, 0.29) is 5.69 Å². The summed E-state index contributed by atoms with van der Waals surface area (Å²) in [6, 6.07) is 26.6. The summed E-state index contributed by atoms with van der Waals surface area (Å²) in [6.07, 6.45) is 1.78. The van der Waals surface area contributed by atoms with Crippen molar-refractivity contribution in [3.05, 3.63) is 113 Å². The van der Waals surface area contributed by atoms with Crippen molar-refractivity contribution < 1.29 is 9.66 Å². The molecule has 4 rings (SSSR count). The first kappa shape index (κ1) is 23.2. The van der Waals surface area contributed by atoms with Crippen LogP contribution in [-0.2, 0) is 6.61 Å². The van der Waals surface area contributed by atoms with Crippen LogP contribution in [0.15, 0.2) is 78.9 Å². The van der Waals surface area contributed by atoms with Gasteiger partial charge in [-0.3, -0.25) is 10.1 Å². The molecule has 0 saturated carbocycles. The van der Waals surface area contributed by atoms with Crippen LogP contribution in [0, 0.1) is 28.6 Å². The molecule has 0 N–H and O–H groups in total. The average molecular weight is 658 g/mol. The van der Waals surface area contributed by atoms with Crippen LogP contribution in [0.2, 0.25) is 0 Å². The molecular formula is C26H16I2N2O3. The molecule has 0 atom stereocenters. The summed E-state index contributed by atoms with van der Waals surface area (Å²) in [7, 11) is 0. The zero-order chi connectivity index (χ0) is 23.4. The van der Waals surface area contributed by atoms with E-state index in [1.165, 1.54) is 22.9 Å². The summed E-state index contributed by atoms with van der Waals surface area (Å²) in [5.41, 5.74) is 3.00. The van der Waals surface area contributed by atoms with E-state index in [1.807, 2.05) is 24.3 Å². The van der Waals surface area contributed by atoms with Gasteiger partial charge in [0.1, 0.15) is 12.4 Å². The van der Waals surface area contributed by atoms with Crippen LogP contribution in [0.3, 0.4) is 0 Å². The first-order valence-corrected chi connectivity index (χ1v) is 12.1. The second-order valence-corrected chi connectivity index (χ2v) is 9.58. The third-order valence-corrected chi connectivity index (χ3v) is 6.64. The Balaban J connectivity index is 1.55. The second kappa shape index (κ2) is 10.3. The number of nitrogens with zero attached hydrogens (tertiary/aromatic N) is 2. The fourth-order valence-corrected chi connectivity index (χ4v) is 5.52. The number of nitro groups is 1. The largest absolute Gasteiger partial charge is 0.487 e. The Morgan fingerprint density at radius 2 is 1.64 bits per heavy atom. The van der Waals surface area contributed by atoms with Gasteiger partial charge in [0.15, 0.2) is 0 Å². The van der Waals surface area contributed by atoms with Gasteiger partial charge in [-0.05, 0) is 109 Å². The van der Waals surface area contributed by atoms with E-state index in [4.69, 9.17) is 4.74 Å². The van der Waals surface area contributed by atoms with Crippen LogP contribution in [0.5, 0.6) is 5.75 Å². The summed E-state index contributed by atoms with van der Waals surface area (Å²) in [6.45, 7) is 0.457. The first-order chi connectivity index (χ1) is 15.9. The predicted octanol–water partition coefficient (Wildman–Crippen LogP) is 7.60. The number of nitriles is 1. The Bertz CT molecular complexity index is 1400. The smallest absolute Gasteiger partial charge is 0.269 e. The molecule has 0 aromatic heterocycles. The zero-order valence-electron chi connectivity index (χ0n) is 17.2. The third kappa shape index (κ3) is 5.51. The number of fused-ring (bicyclic) bond motifs is 1. The van der Waals surface area contributed by atoms with Crippen molar-refractivity contribution in [1.82, 2.24) is 0 Å². The van der Waals surface area contributed by atoms with Gasteiger partial charge in [-0.2, -0.15) is 5.26 Å². The van der Waals surface area contributed by atoms with Gasteiger partial charge in [0.2, 0.25) is 0 Å². The lowest BCUT2D eigenvalue weighted by molar-refractivity contribution is -0.384. The fraction of sp³-hybridized carbons (Fsp3) is 0.0385. The molecule has 7 heteroatoms. The van der Waals surface area contributed by atoms with Crippen LogP contribution in [0.25, 0.3) is 22.4 Å². The average Bonchev–Trinajstić information content (AvgIpc) is 2.82. The van der Waals surface area contributed by atoms with Gasteiger partial charge in [-0.1, -0.05) is 36.4 Å². The van der Waals surface area contributed by atoms with E-state index in [9.17, 15) is 15.4 Å². The minimum absolute atomic E-state index is 0.00643. The molecule has 0 unspecified atom stereocenters. The number of hydrogen-bond acceptors (Lipinski definition) is 4. The van der Waals surface area contributed by atoms with Gasteiger partial charge in [0.25, 0.3) is 5.69 Å². The van der Waals surface area contributed by atoms with E-state index in [0.717, 1.165) is 24.0 Å². The molecule has 0 aliphatic rings. The molecule has 0 saturated heterocycles. The predicted molar refractivity (Wildman–Crippen MR) is 147 cm³/mol. The van der Waals surface area contributed by atoms with Gasteiger partial charge in [0.05, 0.1) is 23.7 Å². The van der Waals surface area contributed by atoms with Crippen molar-refractivity contribution >= 4 is 73.3 Å². The van der Waals surface area contributed by atoms with Crippen LogP contribution in [0.4, 0.5) is 5.69 Å². The van der Waals surface area contributed by atoms with Crippen molar-refractivity contribution in [2.75, 3.05) is 0 Å². The molecule has 0 aliphatic carbocycles. The number of halogens is 2. The van der Waals surface area contributed by atoms with Gasteiger partial charge in [-0.25, -0.2) is 0 Å². The van der Waals surface area contributed by atoms with Crippen molar-refractivity contribution in [2.24, 2.45) is 0 Å². The van der Waals surface area contributed by atoms with Crippen molar-refractivity contribution in [1.29, 1.82) is 5.26 Å². The number of hydrogen-bond donors (Lipinski definition) is 0. The number of allylic oxidation sites excluding steroid dienone is 1. The second-order valence-electron chi connectivity index (χ2n) is 7.26. The molecule has 0 heterocycles. The van der Waals surface area contributed by atoms with E-state index >= 15 is 0 Å². The number of benzene rings is 4. The lowest BCUT2D eigenvalue weighted by Crippen LogP contribution is -1.99. The molecule has 0 bridgehead atoms. The van der Waals surface area contributed by atoms with Gasteiger partial charge >= 0.3 is 0 Å². The quantitative estimate of drug-likeness (QED) is 0.0704. The van der Waals surface area contributed by atoms with Crippen molar-refractivity contribution in [2.45, 2.75) is 6.61 Å². The van der Waals surface area contributed by atoms with Gasteiger partial charge in [0, 0.05) is 12.1 Å². The molecule has 0 amide bonds. The molecule has 4 aromatic rings. The maximum absolute atomic E-state index is 10.9. The van der Waals surface area contributed by atoms with E-state index in [1.54, 1.807) is 18.2 Å². The molecular weight excluding hydrogens is 642 g/mol. The Morgan fingerprint density at radius 1 is 0.970 bits per heavy atom. The molecule has 0 radical (unpaired) electrons. The van der Waals surface area contributed by atoms with Crippen LogP contribution >= 0.6 is 45.2 Å². The summed E-state index contributed by atoms with van der Waals surface area (Å²) in [5, 5.41) is 22.9. The molecule has 5 nitrogen and oxygen atoms in total. The number of rotatable bonds is 6. The van der Waals surface area contributed by atoms with Gasteiger partial charge in [-0.15, -0.1) is 0 Å². The molecule has 0 aliphatic heterocycles. The standard InChI is InChI=1S/C26H16I2N2O3/c27-24-13-18(12-22(15-29)20-7-9-23(10-8-20)30(31)32)14-25(28)26(24)33-16-17-5-6-19-3-1-2-4-21(19)11-17/h1-14H,16H2/b22-12-. The zero-order valence-corrected chi connectivity index (χ0v) is 21.5. The SMILES string of the molecule is N#C/C(=C/c1cc(I)c(OCc2ccc3ccccc3c2)c(I)c1)c1ccc([N+](=O)[O-])cc1. The highest BCUT2D eigenvalue weighted by molar-refractivity contribution is 14.1. The third-order valence-electron chi connectivity index (χ3n) is 5.04. The molecule has 162 valence electrons. The van der Waals surface area contributed by atoms with E-state index < -0.39 is 4.92 Å². The normalized spacial score (nSPS) is 11.2. The maximum Gasteiger partial charge on any atom is 0.269 e. The molecule has 0 fully saturated rings. The van der Waals surface area contributed by atoms with Gasteiger partial charge < -0.3 is 4.74 Å². The number of ether oxygens (including phenoxy) is 1. The fourth-order valence-electron chi connectivity index (χ4n) is 3.39. The van der Waals surface area contributed by atoms with Crippen LogP contribution in [-0.4, -0.2) is 4.92 Å². The molecule has 33 heavy (non-hydrogen) atoms. The molecule has 0 spiro atoms. The topological polar surface area (TPSA) is 76.2 Å². The van der Waals surface area contributed by atoms with E-state index in [2.05, 4.69) is 81.6 Å².